The Balaban J connectivity index is 1.83. The lowest BCUT2D eigenvalue weighted by Crippen LogP contribution is -2.27. The second-order valence-corrected chi connectivity index (χ2v) is 10.9. The van der Waals surface area contributed by atoms with Crippen LogP contribution in [0.15, 0.2) is 48.8 Å². The van der Waals surface area contributed by atoms with Gasteiger partial charge in [-0.15, -0.1) is 10.2 Å². The van der Waals surface area contributed by atoms with Crippen molar-refractivity contribution in [3.05, 3.63) is 72.0 Å². The van der Waals surface area contributed by atoms with Crippen LogP contribution in [0.4, 0.5) is 4.39 Å². The molecule has 3 aromatic heterocycles. The van der Waals surface area contributed by atoms with E-state index < -0.39 is 32.6 Å². The van der Waals surface area contributed by atoms with Crippen molar-refractivity contribution in [2.75, 3.05) is 14.2 Å². The number of para-hydroxylation sites is 1. The summed E-state index contributed by atoms with van der Waals surface area (Å²) < 4.78 is 53.2. The lowest BCUT2D eigenvalue weighted by atomic mass is 10.1. The van der Waals surface area contributed by atoms with Gasteiger partial charge in [-0.2, -0.15) is 0 Å². The maximum absolute atomic E-state index is 13.6. The molecule has 4 rings (SSSR count). The first-order chi connectivity index (χ1) is 17.7. The van der Waals surface area contributed by atoms with Crippen LogP contribution >= 0.6 is 0 Å². The number of hydrogen-bond acceptors (Lipinski definition) is 9. The molecule has 0 aliphatic carbocycles. The maximum atomic E-state index is 13.6. The molecular weight excluding hydrogens is 499 g/mol. The number of sulfone groups is 1. The first-order valence-electron chi connectivity index (χ1n) is 11.4. The Bertz CT molecular complexity index is 1490. The minimum Gasteiger partial charge on any atom is -0.494 e. The summed E-state index contributed by atoms with van der Waals surface area (Å²) in [5, 5.41) is 7.68. The Kier molecular flexibility index (Phi) is 7.48. The SMILES string of the molecule is COc1cccc(OC)c1-n1c(CS(=O)(=O)[C@@H](C)[C@H](C)c2ncc(F)cn2)nnc1-c1cccc(C)n1. The fraction of sp³-hybridized carbons (Fsp3) is 0.320. The smallest absolute Gasteiger partial charge is 0.187 e. The van der Waals surface area contributed by atoms with E-state index in [9.17, 15) is 12.8 Å². The van der Waals surface area contributed by atoms with Gasteiger partial charge >= 0.3 is 0 Å². The topological polar surface area (TPSA) is 122 Å². The molecular formula is C25H27FN6O4S. The van der Waals surface area contributed by atoms with E-state index in [0.717, 1.165) is 18.1 Å². The van der Waals surface area contributed by atoms with Gasteiger partial charge in [0.15, 0.2) is 27.3 Å². The molecule has 0 aliphatic rings. The molecule has 4 aromatic rings. The maximum Gasteiger partial charge on any atom is 0.187 e. The van der Waals surface area contributed by atoms with Crippen molar-refractivity contribution in [1.82, 2.24) is 29.7 Å². The largest absolute Gasteiger partial charge is 0.494 e. The van der Waals surface area contributed by atoms with E-state index in [0.29, 0.717) is 28.7 Å². The molecule has 3 heterocycles. The third kappa shape index (κ3) is 5.29. The quantitative estimate of drug-likeness (QED) is 0.321. The Morgan fingerprint density at radius 3 is 2.19 bits per heavy atom. The predicted molar refractivity (Wildman–Crippen MR) is 135 cm³/mol. The average molecular weight is 527 g/mol. The monoisotopic (exact) mass is 526 g/mol. The normalized spacial score (nSPS) is 13.2. The van der Waals surface area contributed by atoms with Crippen molar-refractivity contribution in [3.8, 4) is 28.7 Å². The van der Waals surface area contributed by atoms with Crippen LogP contribution in [0.3, 0.4) is 0 Å². The highest BCUT2D eigenvalue weighted by molar-refractivity contribution is 7.91. The molecule has 0 radical (unpaired) electrons. The zero-order valence-corrected chi connectivity index (χ0v) is 21.9. The lowest BCUT2D eigenvalue weighted by molar-refractivity contribution is 0.390. The van der Waals surface area contributed by atoms with Gasteiger partial charge in [0.1, 0.15) is 34.5 Å². The predicted octanol–water partition coefficient (Wildman–Crippen LogP) is 3.69. The molecule has 12 heteroatoms. The minimum absolute atomic E-state index is 0.153. The fourth-order valence-corrected chi connectivity index (χ4v) is 5.47. The van der Waals surface area contributed by atoms with Crippen LogP contribution in [0, 0.1) is 12.7 Å². The molecule has 37 heavy (non-hydrogen) atoms. The van der Waals surface area contributed by atoms with Crippen molar-refractivity contribution >= 4 is 9.84 Å². The van der Waals surface area contributed by atoms with Gasteiger partial charge in [0.05, 0.1) is 31.9 Å². The Labute approximate surface area is 214 Å². The van der Waals surface area contributed by atoms with E-state index in [-0.39, 0.29) is 11.6 Å². The number of methoxy groups -OCH3 is 2. The summed E-state index contributed by atoms with van der Waals surface area (Å²) >= 11 is 0. The van der Waals surface area contributed by atoms with E-state index in [4.69, 9.17) is 9.47 Å². The summed E-state index contributed by atoms with van der Waals surface area (Å²) in [6, 6.07) is 10.7. The number of aryl methyl sites for hydroxylation is 1. The third-order valence-electron chi connectivity index (χ3n) is 6.12. The summed E-state index contributed by atoms with van der Waals surface area (Å²) in [5.41, 5.74) is 1.71. The third-order valence-corrected chi connectivity index (χ3v) is 8.32. The van der Waals surface area contributed by atoms with Crippen LogP contribution in [0.5, 0.6) is 11.5 Å². The van der Waals surface area contributed by atoms with Gasteiger partial charge in [0.25, 0.3) is 0 Å². The number of ether oxygens (including phenoxy) is 2. The van der Waals surface area contributed by atoms with Crippen molar-refractivity contribution in [3.63, 3.8) is 0 Å². The molecule has 0 fully saturated rings. The number of halogens is 1. The second kappa shape index (κ2) is 10.6. The molecule has 0 bridgehead atoms. The molecule has 0 aliphatic heterocycles. The zero-order valence-electron chi connectivity index (χ0n) is 21.1. The highest BCUT2D eigenvalue weighted by atomic mass is 32.2. The van der Waals surface area contributed by atoms with Gasteiger partial charge in [-0.25, -0.2) is 27.8 Å². The van der Waals surface area contributed by atoms with Crippen LogP contribution in [-0.4, -0.2) is 57.6 Å². The van der Waals surface area contributed by atoms with Gasteiger partial charge in [-0.3, -0.25) is 4.57 Å². The lowest BCUT2D eigenvalue weighted by Gasteiger charge is -2.20. The standard InChI is InChI=1S/C25H27FN6O4S/c1-15-8-6-9-19(29-15)25-31-30-22(32(25)23-20(35-4)10-7-11-21(23)36-5)14-37(33,34)17(3)16(2)24-27-12-18(26)13-28-24/h6-13,16-17H,14H2,1-5H3/t16-,17-/m0/s1. The molecule has 0 amide bonds. The molecule has 2 atom stereocenters. The second-order valence-electron chi connectivity index (χ2n) is 8.51. The first kappa shape index (κ1) is 26.1. The van der Waals surface area contributed by atoms with Gasteiger partial charge in [0, 0.05) is 11.6 Å². The van der Waals surface area contributed by atoms with Crippen LogP contribution in [0.1, 0.15) is 37.1 Å². The van der Waals surface area contributed by atoms with Crippen molar-refractivity contribution < 1.29 is 22.3 Å². The number of pyridine rings is 1. The van der Waals surface area contributed by atoms with E-state index in [1.807, 2.05) is 19.1 Å². The minimum atomic E-state index is -3.82. The molecule has 0 N–H and O–H groups in total. The van der Waals surface area contributed by atoms with E-state index in [1.54, 1.807) is 42.7 Å². The summed E-state index contributed by atoms with van der Waals surface area (Å²) in [4.78, 5) is 12.5. The number of benzene rings is 1. The van der Waals surface area contributed by atoms with Crippen molar-refractivity contribution in [2.24, 2.45) is 0 Å². The molecule has 1 aromatic carbocycles. The number of hydrogen-bond donors (Lipinski definition) is 0. The molecule has 0 saturated carbocycles. The summed E-state index contributed by atoms with van der Waals surface area (Å²) in [6.07, 6.45) is 2.04. The summed E-state index contributed by atoms with van der Waals surface area (Å²) in [5.74, 6) is -0.0434. The summed E-state index contributed by atoms with van der Waals surface area (Å²) in [7, 11) is -0.797. The van der Waals surface area contributed by atoms with E-state index in [2.05, 4.69) is 25.1 Å². The van der Waals surface area contributed by atoms with Crippen LogP contribution < -0.4 is 9.47 Å². The van der Waals surface area contributed by atoms with Gasteiger partial charge in [0.2, 0.25) is 0 Å². The fourth-order valence-electron chi connectivity index (χ4n) is 3.92. The molecule has 10 nitrogen and oxygen atoms in total. The van der Waals surface area contributed by atoms with Crippen molar-refractivity contribution in [2.45, 2.75) is 37.7 Å². The van der Waals surface area contributed by atoms with Crippen LogP contribution in [0.25, 0.3) is 17.2 Å². The van der Waals surface area contributed by atoms with Crippen LogP contribution in [-0.2, 0) is 15.6 Å². The molecule has 0 unspecified atom stereocenters. The average Bonchev–Trinajstić information content (AvgIpc) is 3.29. The Morgan fingerprint density at radius 1 is 0.973 bits per heavy atom. The Morgan fingerprint density at radius 2 is 1.59 bits per heavy atom. The Hall–Kier alpha value is -3.93. The summed E-state index contributed by atoms with van der Waals surface area (Å²) in [6.45, 7) is 5.10. The molecule has 194 valence electrons. The first-order valence-corrected chi connectivity index (χ1v) is 13.2. The highest BCUT2D eigenvalue weighted by Gasteiger charge is 2.33. The highest BCUT2D eigenvalue weighted by Crippen LogP contribution is 2.36. The van der Waals surface area contributed by atoms with E-state index in [1.165, 1.54) is 14.2 Å². The van der Waals surface area contributed by atoms with Crippen molar-refractivity contribution in [1.29, 1.82) is 0 Å². The number of rotatable bonds is 9. The zero-order chi connectivity index (χ0) is 26.7. The number of aromatic nitrogens is 6. The number of nitrogens with zero attached hydrogens (tertiary/aromatic N) is 6. The van der Waals surface area contributed by atoms with Gasteiger partial charge < -0.3 is 9.47 Å². The van der Waals surface area contributed by atoms with Gasteiger partial charge in [-0.1, -0.05) is 19.1 Å². The van der Waals surface area contributed by atoms with Gasteiger partial charge in [-0.05, 0) is 38.1 Å². The van der Waals surface area contributed by atoms with E-state index >= 15 is 0 Å². The van der Waals surface area contributed by atoms with Crippen LogP contribution in [0.2, 0.25) is 0 Å². The molecule has 0 saturated heterocycles. The molecule has 0 spiro atoms.